The molecule has 3 aromatic carbocycles. The van der Waals surface area contributed by atoms with Crippen molar-refractivity contribution in [3.63, 3.8) is 0 Å². The average molecular weight is 616 g/mol. The van der Waals surface area contributed by atoms with Gasteiger partial charge in [-0.25, -0.2) is 8.42 Å². The van der Waals surface area contributed by atoms with E-state index in [1.807, 2.05) is 20.8 Å². The van der Waals surface area contributed by atoms with Crippen molar-refractivity contribution in [2.45, 2.75) is 57.6 Å². The highest BCUT2D eigenvalue weighted by Crippen LogP contribution is 2.34. The molecule has 0 radical (unpaired) electrons. The van der Waals surface area contributed by atoms with Crippen LogP contribution in [0.4, 0.5) is 5.69 Å². The van der Waals surface area contributed by atoms with Gasteiger partial charge in [0.1, 0.15) is 12.6 Å². The quantitative estimate of drug-likeness (QED) is 0.284. The second-order valence-corrected chi connectivity index (χ2v) is 12.3. The summed E-state index contributed by atoms with van der Waals surface area (Å²) in [7, 11) is -1.30. The van der Waals surface area contributed by atoms with Gasteiger partial charge in [0.05, 0.1) is 24.8 Å². The Morgan fingerprint density at radius 1 is 0.929 bits per heavy atom. The summed E-state index contributed by atoms with van der Waals surface area (Å²) in [4.78, 5) is 28.6. The van der Waals surface area contributed by atoms with Crippen molar-refractivity contribution in [1.29, 1.82) is 0 Å². The second-order valence-electron chi connectivity index (χ2n) is 10.0. The first-order valence-electron chi connectivity index (χ1n) is 13.6. The standard InChI is InChI=1S/C31H38ClN3O6S/c1-7-22(3)33-31(37)23(4)34(19-24-10-12-25(32)13-11-24)30(36)20-35(26-14-17-28(40-5)29(18-26)41-6)42(38,39)27-15-8-21(2)9-16-27/h8-18,22-23H,7,19-20H2,1-6H3,(H,33,37)/t22-,23+/m1/s1. The number of ether oxygens (including phenoxy) is 2. The second kappa shape index (κ2) is 14.4. The Hall–Kier alpha value is -3.76. The molecule has 3 aromatic rings. The van der Waals surface area contributed by atoms with Gasteiger partial charge in [0, 0.05) is 23.7 Å². The molecule has 1 N–H and O–H groups in total. The molecule has 0 fully saturated rings. The summed E-state index contributed by atoms with van der Waals surface area (Å²) >= 11 is 6.06. The summed E-state index contributed by atoms with van der Waals surface area (Å²) < 4.78 is 39.8. The van der Waals surface area contributed by atoms with Crippen molar-refractivity contribution in [3.8, 4) is 11.5 Å². The molecular formula is C31H38ClN3O6S. The molecule has 0 aliphatic rings. The molecule has 42 heavy (non-hydrogen) atoms. The predicted molar refractivity (Wildman–Crippen MR) is 165 cm³/mol. The third-order valence-electron chi connectivity index (χ3n) is 6.98. The molecule has 0 aliphatic carbocycles. The van der Waals surface area contributed by atoms with E-state index < -0.39 is 28.5 Å². The van der Waals surface area contributed by atoms with Gasteiger partial charge in [0.15, 0.2) is 11.5 Å². The number of nitrogens with zero attached hydrogens (tertiary/aromatic N) is 2. The van der Waals surface area contributed by atoms with Crippen molar-refractivity contribution < 1.29 is 27.5 Å². The third kappa shape index (κ3) is 7.95. The highest BCUT2D eigenvalue weighted by Gasteiger charge is 2.33. The van der Waals surface area contributed by atoms with Gasteiger partial charge >= 0.3 is 0 Å². The maximum atomic E-state index is 14.1. The van der Waals surface area contributed by atoms with Crippen LogP contribution in [0.3, 0.4) is 0 Å². The molecule has 0 spiro atoms. The van der Waals surface area contributed by atoms with Crippen LogP contribution in [0.5, 0.6) is 11.5 Å². The zero-order chi connectivity index (χ0) is 31.0. The maximum Gasteiger partial charge on any atom is 0.264 e. The topological polar surface area (TPSA) is 105 Å². The van der Waals surface area contributed by atoms with Crippen molar-refractivity contribution >= 4 is 39.1 Å². The Morgan fingerprint density at radius 3 is 2.12 bits per heavy atom. The highest BCUT2D eigenvalue weighted by atomic mass is 35.5. The summed E-state index contributed by atoms with van der Waals surface area (Å²) in [5.41, 5.74) is 1.82. The molecule has 0 aliphatic heterocycles. The number of aryl methyl sites for hydroxylation is 1. The normalized spacial score (nSPS) is 12.6. The van der Waals surface area contributed by atoms with E-state index in [-0.39, 0.29) is 29.1 Å². The lowest BCUT2D eigenvalue weighted by Crippen LogP contribution is -2.52. The van der Waals surface area contributed by atoms with Crippen LogP contribution < -0.4 is 19.1 Å². The van der Waals surface area contributed by atoms with Gasteiger partial charge in [-0.05, 0) is 69.2 Å². The van der Waals surface area contributed by atoms with Gasteiger partial charge in [-0.1, -0.05) is 48.4 Å². The number of hydrogen-bond acceptors (Lipinski definition) is 6. The van der Waals surface area contributed by atoms with E-state index in [2.05, 4.69) is 5.32 Å². The van der Waals surface area contributed by atoms with Crippen LogP contribution >= 0.6 is 11.6 Å². The summed E-state index contributed by atoms with van der Waals surface area (Å²) in [6.07, 6.45) is 0.714. The molecule has 9 nitrogen and oxygen atoms in total. The Bertz CT molecular complexity index is 1480. The average Bonchev–Trinajstić information content (AvgIpc) is 2.98. The molecule has 0 unspecified atom stereocenters. The number of anilines is 1. The lowest BCUT2D eigenvalue weighted by molar-refractivity contribution is -0.139. The number of benzene rings is 3. The predicted octanol–water partition coefficient (Wildman–Crippen LogP) is 5.19. The third-order valence-corrected chi connectivity index (χ3v) is 9.02. The van der Waals surface area contributed by atoms with Crippen LogP contribution in [0.15, 0.2) is 71.6 Å². The Balaban J connectivity index is 2.08. The lowest BCUT2D eigenvalue weighted by Gasteiger charge is -2.32. The zero-order valence-corrected chi connectivity index (χ0v) is 26.3. The fourth-order valence-electron chi connectivity index (χ4n) is 4.18. The Kier molecular flexibility index (Phi) is 11.2. The minimum absolute atomic E-state index is 0.0162. The number of carbonyl (C=O) groups excluding carboxylic acids is 2. The number of carbonyl (C=O) groups is 2. The Morgan fingerprint density at radius 2 is 1.55 bits per heavy atom. The fraction of sp³-hybridized carbons (Fsp3) is 0.355. The number of amides is 2. The van der Waals surface area contributed by atoms with E-state index in [9.17, 15) is 18.0 Å². The smallest absolute Gasteiger partial charge is 0.264 e. The summed E-state index contributed by atoms with van der Waals surface area (Å²) in [5, 5.41) is 3.45. The molecule has 0 saturated heterocycles. The number of hydrogen-bond donors (Lipinski definition) is 1. The lowest BCUT2D eigenvalue weighted by atomic mass is 10.1. The molecule has 11 heteroatoms. The zero-order valence-electron chi connectivity index (χ0n) is 24.8. The highest BCUT2D eigenvalue weighted by molar-refractivity contribution is 7.92. The number of nitrogens with one attached hydrogen (secondary N) is 1. The molecule has 226 valence electrons. The minimum atomic E-state index is -4.22. The Labute approximate surface area is 253 Å². The molecule has 2 atom stereocenters. The van der Waals surface area contributed by atoms with E-state index in [1.165, 1.54) is 37.3 Å². The maximum absolute atomic E-state index is 14.1. The van der Waals surface area contributed by atoms with Crippen molar-refractivity contribution in [1.82, 2.24) is 10.2 Å². The summed E-state index contributed by atoms with van der Waals surface area (Å²) in [5.74, 6) is -0.209. The summed E-state index contributed by atoms with van der Waals surface area (Å²) in [6, 6.07) is 16.9. The van der Waals surface area contributed by atoms with Crippen LogP contribution in [0.2, 0.25) is 5.02 Å². The molecule has 0 aromatic heterocycles. The van der Waals surface area contributed by atoms with Crippen molar-refractivity contribution in [2.75, 3.05) is 25.1 Å². The fourth-order valence-corrected chi connectivity index (χ4v) is 5.71. The molecular weight excluding hydrogens is 578 g/mol. The van der Waals surface area contributed by atoms with E-state index >= 15 is 0 Å². The first-order chi connectivity index (χ1) is 19.9. The molecule has 0 bridgehead atoms. The molecule has 2 amide bonds. The first kappa shape index (κ1) is 32.8. The first-order valence-corrected chi connectivity index (χ1v) is 15.4. The van der Waals surface area contributed by atoms with E-state index in [0.717, 1.165) is 15.4 Å². The minimum Gasteiger partial charge on any atom is -0.493 e. The van der Waals surface area contributed by atoms with Gasteiger partial charge in [-0.3, -0.25) is 13.9 Å². The van der Waals surface area contributed by atoms with Crippen LogP contribution in [-0.2, 0) is 26.2 Å². The molecule has 0 heterocycles. The van der Waals surface area contributed by atoms with Gasteiger partial charge in [0.25, 0.3) is 10.0 Å². The van der Waals surface area contributed by atoms with Gasteiger partial charge in [0.2, 0.25) is 11.8 Å². The van der Waals surface area contributed by atoms with Crippen LogP contribution in [0, 0.1) is 6.92 Å². The molecule has 3 rings (SSSR count). The largest absolute Gasteiger partial charge is 0.493 e. The van der Waals surface area contributed by atoms with Gasteiger partial charge < -0.3 is 19.7 Å². The van der Waals surface area contributed by atoms with Crippen LogP contribution in [-0.4, -0.2) is 58.0 Å². The SMILES string of the molecule is CC[C@@H](C)NC(=O)[C@H](C)N(Cc1ccc(Cl)cc1)C(=O)CN(c1ccc(OC)c(OC)c1)S(=O)(=O)c1ccc(C)cc1. The summed E-state index contributed by atoms with van der Waals surface area (Å²) in [6.45, 7) is 6.80. The van der Waals surface area contributed by atoms with E-state index in [1.54, 1.807) is 55.5 Å². The number of methoxy groups -OCH3 is 2. The van der Waals surface area contributed by atoms with Crippen LogP contribution in [0.1, 0.15) is 38.3 Å². The number of sulfonamides is 1. The monoisotopic (exact) mass is 615 g/mol. The van der Waals surface area contributed by atoms with E-state index in [4.69, 9.17) is 21.1 Å². The number of rotatable bonds is 13. The van der Waals surface area contributed by atoms with Crippen molar-refractivity contribution in [2.24, 2.45) is 0 Å². The van der Waals surface area contributed by atoms with Crippen molar-refractivity contribution in [3.05, 3.63) is 82.9 Å². The van der Waals surface area contributed by atoms with Crippen LogP contribution in [0.25, 0.3) is 0 Å². The molecule has 0 saturated carbocycles. The van der Waals surface area contributed by atoms with Gasteiger partial charge in [-0.2, -0.15) is 0 Å². The van der Waals surface area contributed by atoms with Gasteiger partial charge in [-0.15, -0.1) is 0 Å². The number of halogens is 1. The van der Waals surface area contributed by atoms with E-state index in [0.29, 0.717) is 22.9 Å².